The smallest absolute Gasteiger partial charge is 0.0200 e. The Balaban J connectivity index is 0.000000470. The average molecular weight is 461 g/mol. The molecule has 0 aliphatic heterocycles. The third-order valence-corrected chi connectivity index (χ3v) is 10.7. The van der Waals surface area contributed by atoms with Crippen LogP contribution in [0.3, 0.4) is 0 Å². The third-order valence-electron chi connectivity index (χ3n) is 10.7. The van der Waals surface area contributed by atoms with Crippen molar-refractivity contribution in [3.8, 4) is 0 Å². The highest BCUT2D eigenvalue weighted by atomic mass is 14.4. The molecule has 4 atom stereocenters. The van der Waals surface area contributed by atoms with Crippen molar-refractivity contribution in [3.63, 3.8) is 0 Å². The van der Waals surface area contributed by atoms with Gasteiger partial charge in [0, 0.05) is 0 Å². The van der Waals surface area contributed by atoms with E-state index in [0.29, 0.717) is 16.2 Å². The number of allylic oxidation sites excluding steroid dienone is 4. The largest absolute Gasteiger partial charge is 0.0710 e. The van der Waals surface area contributed by atoms with Crippen LogP contribution in [0.2, 0.25) is 0 Å². The minimum atomic E-state index is 0.415. The maximum Gasteiger partial charge on any atom is -0.0200 e. The minimum absolute atomic E-state index is 0.415. The van der Waals surface area contributed by atoms with E-state index >= 15 is 0 Å². The van der Waals surface area contributed by atoms with Crippen LogP contribution in [0.15, 0.2) is 22.3 Å². The first-order valence-corrected chi connectivity index (χ1v) is 13.9. The van der Waals surface area contributed by atoms with Gasteiger partial charge in [0.05, 0.1) is 0 Å². The summed E-state index contributed by atoms with van der Waals surface area (Å²) in [4.78, 5) is 0. The molecule has 0 nitrogen and oxygen atoms in total. The lowest BCUT2D eigenvalue weighted by atomic mass is 9.65. The Morgan fingerprint density at radius 2 is 0.697 bits per heavy atom. The summed E-state index contributed by atoms with van der Waals surface area (Å²) in [6, 6.07) is 0. The summed E-state index contributed by atoms with van der Waals surface area (Å²) in [5.74, 6) is 4.98. The molecule has 0 N–H and O–H groups in total. The molecule has 0 amide bonds. The monoisotopic (exact) mass is 461 g/mol. The quantitative estimate of drug-likeness (QED) is 0.359. The number of hydrogen-bond acceptors (Lipinski definition) is 0. The maximum absolute atomic E-state index is 2.39. The van der Waals surface area contributed by atoms with E-state index in [1.807, 2.05) is 0 Å². The van der Waals surface area contributed by atoms with Crippen LogP contribution in [0.4, 0.5) is 0 Å². The zero-order valence-corrected chi connectivity index (χ0v) is 26.4. The molecular weight excluding hydrogens is 396 g/mol. The van der Waals surface area contributed by atoms with Gasteiger partial charge in [-0.2, -0.15) is 0 Å². The standard InChI is InChI=1S/C13H28.2C10H18/c1-11(2,3)9-10-13(7,8)12(4,5)6;2*1-6-7(2)9(4)10(5)8(6)3/h9-10H2,1-8H3;2*6-8H,1-5H3. The summed E-state index contributed by atoms with van der Waals surface area (Å²) in [6.45, 7) is 42.0. The van der Waals surface area contributed by atoms with Crippen LogP contribution < -0.4 is 0 Å². The maximum atomic E-state index is 2.39. The lowest BCUT2D eigenvalue weighted by Crippen LogP contribution is -2.30. The SMILES string of the molecule is CC(C)(C)CCC(C)(C)C(C)(C)C.CC1=C(C)C(C)C(C)C1C.CC1=C(C)C(C)C(C)C1C. The van der Waals surface area contributed by atoms with Crippen molar-refractivity contribution in [1.82, 2.24) is 0 Å². The first-order valence-electron chi connectivity index (χ1n) is 13.9. The number of hydrogen-bond donors (Lipinski definition) is 0. The van der Waals surface area contributed by atoms with E-state index in [4.69, 9.17) is 0 Å². The van der Waals surface area contributed by atoms with Crippen LogP contribution in [0.1, 0.15) is 137 Å². The van der Waals surface area contributed by atoms with Gasteiger partial charge in [0.25, 0.3) is 0 Å². The van der Waals surface area contributed by atoms with Gasteiger partial charge in [-0.3, -0.25) is 0 Å². The van der Waals surface area contributed by atoms with E-state index in [0.717, 1.165) is 35.5 Å². The van der Waals surface area contributed by atoms with Crippen LogP contribution in [0.25, 0.3) is 0 Å². The summed E-state index contributed by atoms with van der Waals surface area (Å²) < 4.78 is 0. The summed E-state index contributed by atoms with van der Waals surface area (Å²) >= 11 is 0. The van der Waals surface area contributed by atoms with E-state index in [2.05, 4.69) is 125 Å². The van der Waals surface area contributed by atoms with Crippen LogP contribution in [0, 0.1) is 51.8 Å². The van der Waals surface area contributed by atoms with Crippen LogP contribution in [-0.2, 0) is 0 Å². The van der Waals surface area contributed by atoms with Gasteiger partial charge < -0.3 is 0 Å². The van der Waals surface area contributed by atoms with Gasteiger partial charge in [0.2, 0.25) is 0 Å². The predicted molar refractivity (Wildman–Crippen MR) is 154 cm³/mol. The fourth-order valence-corrected chi connectivity index (χ4v) is 4.94. The van der Waals surface area contributed by atoms with Crippen molar-refractivity contribution in [3.05, 3.63) is 22.3 Å². The Labute approximate surface area is 211 Å². The fourth-order valence-electron chi connectivity index (χ4n) is 4.94. The second kappa shape index (κ2) is 11.9. The number of rotatable bonds is 2. The Bertz CT molecular complexity index is 594. The fraction of sp³-hybridized carbons (Fsp3) is 0.879. The van der Waals surface area contributed by atoms with E-state index in [1.54, 1.807) is 22.3 Å². The molecule has 0 aromatic rings. The second-order valence-electron chi connectivity index (χ2n) is 14.8. The van der Waals surface area contributed by atoms with E-state index < -0.39 is 0 Å². The Kier molecular flexibility index (Phi) is 11.8. The molecule has 0 bridgehead atoms. The molecule has 196 valence electrons. The highest BCUT2D eigenvalue weighted by Gasteiger charge is 2.33. The average Bonchev–Trinajstić information content (AvgIpc) is 2.96. The minimum Gasteiger partial charge on any atom is -0.0710 e. The molecule has 0 spiro atoms. The van der Waals surface area contributed by atoms with Gasteiger partial charge in [-0.05, 0) is 92.3 Å². The molecule has 2 aliphatic rings. The predicted octanol–water partition coefficient (Wildman–Crippen LogP) is 11.4. The Morgan fingerprint density at radius 1 is 0.455 bits per heavy atom. The first-order chi connectivity index (χ1) is 14.6. The highest BCUT2D eigenvalue weighted by molar-refractivity contribution is 5.23. The molecule has 33 heavy (non-hydrogen) atoms. The zero-order chi connectivity index (χ0) is 26.7. The van der Waals surface area contributed by atoms with Crippen LogP contribution in [0.5, 0.6) is 0 Å². The van der Waals surface area contributed by atoms with Crippen molar-refractivity contribution in [2.75, 3.05) is 0 Å². The molecular formula is C33H64. The molecule has 0 radical (unpaired) electrons. The summed E-state index contributed by atoms with van der Waals surface area (Å²) in [7, 11) is 0. The van der Waals surface area contributed by atoms with Gasteiger partial charge in [-0.1, -0.05) is 119 Å². The molecule has 0 aromatic heterocycles. The lowest BCUT2D eigenvalue weighted by Gasteiger charge is -2.40. The zero-order valence-electron chi connectivity index (χ0n) is 26.4. The van der Waals surface area contributed by atoms with Crippen molar-refractivity contribution >= 4 is 0 Å². The molecule has 0 heteroatoms. The third kappa shape index (κ3) is 8.89. The van der Waals surface area contributed by atoms with Gasteiger partial charge in [-0.15, -0.1) is 0 Å². The van der Waals surface area contributed by atoms with Crippen LogP contribution >= 0.6 is 0 Å². The van der Waals surface area contributed by atoms with Crippen molar-refractivity contribution in [1.29, 1.82) is 0 Å². The molecule has 0 saturated carbocycles. The van der Waals surface area contributed by atoms with Crippen molar-refractivity contribution < 1.29 is 0 Å². The van der Waals surface area contributed by atoms with Gasteiger partial charge >= 0.3 is 0 Å². The molecule has 2 aliphatic carbocycles. The van der Waals surface area contributed by atoms with Crippen molar-refractivity contribution in [2.45, 2.75) is 137 Å². The lowest BCUT2D eigenvalue weighted by molar-refractivity contribution is 0.101. The van der Waals surface area contributed by atoms with Gasteiger partial charge in [0.1, 0.15) is 0 Å². The second-order valence-corrected chi connectivity index (χ2v) is 14.8. The topological polar surface area (TPSA) is 0 Å². The molecule has 2 rings (SSSR count). The van der Waals surface area contributed by atoms with E-state index in [1.165, 1.54) is 12.8 Å². The highest BCUT2D eigenvalue weighted by Crippen LogP contribution is 2.44. The molecule has 0 aromatic carbocycles. The van der Waals surface area contributed by atoms with Crippen LogP contribution in [-0.4, -0.2) is 0 Å². The van der Waals surface area contributed by atoms with E-state index in [9.17, 15) is 0 Å². The van der Waals surface area contributed by atoms with Gasteiger partial charge in [0.15, 0.2) is 0 Å². The summed E-state index contributed by atoms with van der Waals surface area (Å²) in [5, 5.41) is 0. The molecule has 0 heterocycles. The molecule has 0 fully saturated rings. The van der Waals surface area contributed by atoms with E-state index in [-0.39, 0.29) is 0 Å². The summed E-state index contributed by atoms with van der Waals surface area (Å²) in [5.41, 5.74) is 7.83. The van der Waals surface area contributed by atoms with Gasteiger partial charge in [-0.25, -0.2) is 0 Å². The van der Waals surface area contributed by atoms with Crippen molar-refractivity contribution in [2.24, 2.45) is 51.8 Å². The molecule has 0 saturated heterocycles. The summed E-state index contributed by atoms with van der Waals surface area (Å²) in [6.07, 6.45) is 2.64. The Morgan fingerprint density at radius 3 is 0.818 bits per heavy atom. The first kappa shape index (κ1) is 32.5. The Hall–Kier alpha value is -0.520. The normalized spacial score (nSPS) is 30.7. The molecule has 4 unspecified atom stereocenters.